The molecule has 4 N–H and O–H groups in total. The number of esters is 1. The first-order valence-electron chi connectivity index (χ1n) is 17.4. The number of aliphatic hydroxyl groups excluding tert-OH is 2. The van der Waals surface area contributed by atoms with Crippen LogP contribution in [-0.2, 0) is 9.53 Å². The molecule has 9 atom stereocenters. The van der Waals surface area contributed by atoms with E-state index < -0.39 is 11.4 Å². The van der Waals surface area contributed by atoms with Gasteiger partial charge in [-0.05, 0) is 127 Å². The van der Waals surface area contributed by atoms with Crippen molar-refractivity contribution in [2.45, 2.75) is 112 Å². The van der Waals surface area contributed by atoms with Crippen molar-refractivity contribution in [2.24, 2.45) is 50.2 Å². The summed E-state index contributed by atoms with van der Waals surface area (Å²) in [6.45, 7) is 14.8. The second-order valence-corrected chi connectivity index (χ2v) is 17.4. The van der Waals surface area contributed by atoms with Crippen molar-refractivity contribution < 1.29 is 30.0 Å². The maximum absolute atomic E-state index is 13.0. The predicted octanol–water partition coefficient (Wildman–Crippen LogP) is 7.79. The zero-order valence-electron chi connectivity index (χ0n) is 28.4. The van der Waals surface area contributed by atoms with Crippen LogP contribution in [0.25, 0.3) is 6.08 Å². The largest absolute Gasteiger partial charge is 0.504 e. The number of allylic oxidation sites excluding steroid dienone is 2. The molecular weight excluding hydrogens is 564 g/mol. The van der Waals surface area contributed by atoms with Gasteiger partial charge in [0.05, 0.1) is 6.61 Å². The average Bonchev–Trinajstić information content (AvgIpc) is 2.99. The summed E-state index contributed by atoms with van der Waals surface area (Å²) < 4.78 is 6.10. The number of phenols is 2. The van der Waals surface area contributed by atoms with Crippen LogP contribution in [-0.4, -0.2) is 45.7 Å². The summed E-state index contributed by atoms with van der Waals surface area (Å²) in [4.78, 5) is 13.0. The van der Waals surface area contributed by atoms with Crippen LogP contribution in [0, 0.1) is 50.2 Å². The minimum atomic E-state index is -0.550. The van der Waals surface area contributed by atoms with Crippen LogP contribution < -0.4 is 0 Å². The Balaban J connectivity index is 1.26. The summed E-state index contributed by atoms with van der Waals surface area (Å²) in [5, 5.41) is 41.2. The fourth-order valence-corrected chi connectivity index (χ4v) is 11.8. The van der Waals surface area contributed by atoms with E-state index in [1.165, 1.54) is 24.6 Å². The molecule has 248 valence electrons. The third kappa shape index (κ3) is 4.82. The van der Waals surface area contributed by atoms with Crippen molar-refractivity contribution in [3.05, 3.63) is 41.5 Å². The Bertz CT molecular complexity index is 1400. The van der Waals surface area contributed by atoms with E-state index in [0.29, 0.717) is 35.8 Å². The van der Waals surface area contributed by atoms with Gasteiger partial charge in [-0.2, -0.15) is 0 Å². The third-order valence-electron chi connectivity index (χ3n) is 14.9. The lowest BCUT2D eigenvalue weighted by atomic mass is 9.33. The Hall–Kier alpha value is -2.31. The summed E-state index contributed by atoms with van der Waals surface area (Å²) in [5.74, 6) is 0.242. The average molecular weight is 621 g/mol. The summed E-state index contributed by atoms with van der Waals surface area (Å²) in [5.41, 5.74) is 2.22. The molecule has 3 unspecified atom stereocenters. The highest BCUT2D eigenvalue weighted by Crippen LogP contribution is 2.75. The molecule has 0 spiro atoms. The number of hydrogen-bond donors (Lipinski definition) is 4. The Morgan fingerprint density at radius 3 is 2.31 bits per heavy atom. The van der Waals surface area contributed by atoms with Crippen molar-refractivity contribution in [3.8, 4) is 11.5 Å². The zero-order valence-corrected chi connectivity index (χ0v) is 28.4. The maximum Gasteiger partial charge on any atom is 0.331 e. The van der Waals surface area contributed by atoms with E-state index in [-0.39, 0.29) is 51.8 Å². The number of hydrogen-bond acceptors (Lipinski definition) is 6. The molecule has 1 aromatic rings. The summed E-state index contributed by atoms with van der Waals surface area (Å²) in [6.07, 6.45) is 15.7. The van der Waals surface area contributed by atoms with Crippen molar-refractivity contribution in [2.75, 3.05) is 13.2 Å². The first-order chi connectivity index (χ1) is 21.1. The van der Waals surface area contributed by atoms with Gasteiger partial charge < -0.3 is 25.2 Å². The van der Waals surface area contributed by atoms with Gasteiger partial charge in [-0.1, -0.05) is 59.3 Å². The Kier molecular flexibility index (Phi) is 7.88. The summed E-state index contributed by atoms with van der Waals surface area (Å²) >= 11 is 0. The van der Waals surface area contributed by atoms with Gasteiger partial charge in [0, 0.05) is 23.5 Å². The van der Waals surface area contributed by atoms with Crippen molar-refractivity contribution in [1.82, 2.24) is 0 Å². The normalized spacial score (nSPS) is 43.8. The number of aromatic hydroxyl groups is 2. The monoisotopic (exact) mass is 620 g/mol. The fraction of sp³-hybridized carbons (Fsp3) is 0.718. The van der Waals surface area contributed by atoms with Gasteiger partial charge in [0.2, 0.25) is 0 Å². The van der Waals surface area contributed by atoms with Gasteiger partial charge >= 0.3 is 5.97 Å². The van der Waals surface area contributed by atoms with Gasteiger partial charge in [-0.25, -0.2) is 4.79 Å². The summed E-state index contributed by atoms with van der Waals surface area (Å²) in [6, 6.07) is 4.41. The van der Waals surface area contributed by atoms with E-state index in [1.807, 2.05) is 0 Å². The van der Waals surface area contributed by atoms with E-state index in [0.717, 1.165) is 51.4 Å². The van der Waals surface area contributed by atoms with Crippen LogP contribution in [0.15, 0.2) is 35.9 Å². The van der Waals surface area contributed by atoms with Gasteiger partial charge in [0.25, 0.3) is 0 Å². The van der Waals surface area contributed by atoms with Gasteiger partial charge in [0.15, 0.2) is 11.5 Å². The number of rotatable bonds is 5. The highest BCUT2D eigenvalue weighted by atomic mass is 16.5. The molecule has 6 rings (SSSR count). The maximum atomic E-state index is 13.0. The van der Waals surface area contributed by atoms with Crippen LogP contribution in [0.1, 0.15) is 111 Å². The van der Waals surface area contributed by atoms with Gasteiger partial charge in [-0.15, -0.1) is 0 Å². The van der Waals surface area contributed by atoms with E-state index in [4.69, 9.17) is 4.74 Å². The molecule has 5 aliphatic carbocycles. The Morgan fingerprint density at radius 1 is 0.889 bits per heavy atom. The summed E-state index contributed by atoms with van der Waals surface area (Å²) in [7, 11) is 0. The molecule has 6 nitrogen and oxygen atoms in total. The molecule has 0 saturated heterocycles. The van der Waals surface area contributed by atoms with E-state index in [1.54, 1.807) is 17.7 Å². The molecule has 6 heteroatoms. The van der Waals surface area contributed by atoms with Crippen LogP contribution in [0.5, 0.6) is 11.5 Å². The second kappa shape index (κ2) is 10.9. The lowest BCUT2D eigenvalue weighted by Gasteiger charge is -2.71. The molecule has 0 aromatic heterocycles. The number of ether oxygens (including phenoxy) is 1. The number of benzene rings is 1. The van der Waals surface area contributed by atoms with Crippen LogP contribution in [0.3, 0.4) is 0 Å². The lowest BCUT2D eigenvalue weighted by Crippen LogP contribution is -2.66. The molecule has 4 fully saturated rings. The Labute approximate surface area is 270 Å². The quantitative estimate of drug-likeness (QED) is 0.116. The first-order valence-corrected chi connectivity index (χ1v) is 17.4. The molecule has 45 heavy (non-hydrogen) atoms. The molecule has 0 aliphatic heterocycles. The topological polar surface area (TPSA) is 107 Å². The first kappa shape index (κ1) is 32.6. The van der Waals surface area contributed by atoms with E-state index in [9.17, 15) is 25.2 Å². The number of phenolic OH excluding ortho intramolecular Hbond substituents is 2. The minimum Gasteiger partial charge on any atom is -0.504 e. The number of aliphatic hydroxyl groups is 2. The molecule has 0 amide bonds. The SMILES string of the molecule is CC1(C)CC[C@]2(CO)CC[C@]3(C)C(=CCC4[C@@]5(C)CC[C@H](OC(=O)/C=C/c6ccc(O)c(O)c6)[C@@](C)(CO)C5CC[C@]43C)C2C1. The third-order valence-corrected chi connectivity index (χ3v) is 14.9. The van der Waals surface area contributed by atoms with Crippen molar-refractivity contribution >= 4 is 12.0 Å². The highest BCUT2D eigenvalue weighted by Gasteiger charge is 2.69. The van der Waals surface area contributed by atoms with Gasteiger partial charge in [0.1, 0.15) is 6.10 Å². The van der Waals surface area contributed by atoms with Crippen LogP contribution >= 0.6 is 0 Å². The molecule has 1 aromatic carbocycles. The van der Waals surface area contributed by atoms with Crippen LogP contribution in [0.2, 0.25) is 0 Å². The zero-order chi connectivity index (χ0) is 32.6. The molecule has 0 bridgehead atoms. The van der Waals surface area contributed by atoms with Crippen molar-refractivity contribution in [3.63, 3.8) is 0 Å². The smallest absolute Gasteiger partial charge is 0.331 e. The fourth-order valence-electron chi connectivity index (χ4n) is 11.8. The lowest BCUT2D eigenvalue weighted by molar-refractivity contribution is -0.223. The van der Waals surface area contributed by atoms with Gasteiger partial charge in [-0.3, -0.25) is 0 Å². The van der Waals surface area contributed by atoms with Crippen molar-refractivity contribution in [1.29, 1.82) is 0 Å². The molecule has 4 saturated carbocycles. The van der Waals surface area contributed by atoms with E-state index >= 15 is 0 Å². The predicted molar refractivity (Wildman–Crippen MR) is 176 cm³/mol. The molecule has 0 heterocycles. The number of carbonyl (C=O) groups excluding carboxylic acids is 1. The minimum absolute atomic E-state index is 0.00911. The number of carbonyl (C=O) groups is 1. The molecule has 0 radical (unpaired) electrons. The highest BCUT2D eigenvalue weighted by molar-refractivity contribution is 5.87. The Morgan fingerprint density at radius 2 is 1.62 bits per heavy atom. The number of fused-ring (bicyclic) bond motifs is 7. The standard InChI is InChI=1S/C39H56O6/c1-34(2)17-19-39(24-41)20-18-37(5)26(27(39)22-34)9-11-31-35(3)15-14-32(36(4,23-40)30(35)13-16-38(31,37)6)45-33(44)12-8-25-7-10-28(42)29(43)21-25/h7-10,12,21,27,30-32,40-43H,11,13-20,22-24H2,1-6H3/b12-8+/t27?,30?,31?,32-,35-,36-,37+,38+,39+/m0/s1. The van der Waals surface area contributed by atoms with E-state index in [2.05, 4.69) is 47.6 Å². The molecule has 5 aliphatic rings. The molecular formula is C39H56O6. The van der Waals surface area contributed by atoms with Crippen LogP contribution in [0.4, 0.5) is 0 Å². The second-order valence-electron chi connectivity index (χ2n) is 17.4.